The Balaban J connectivity index is 1.91. The summed E-state index contributed by atoms with van der Waals surface area (Å²) in [5.74, 6) is 1.37. The lowest BCUT2D eigenvalue weighted by Gasteiger charge is -2.17. The van der Waals surface area contributed by atoms with Crippen LogP contribution in [0.3, 0.4) is 0 Å². The van der Waals surface area contributed by atoms with Crippen molar-refractivity contribution in [1.29, 1.82) is 0 Å². The second-order valence-electron chi connectivity index (χ2n) is 4.75. The van der Waals surface area contributed by atoms with Crippen molar-refractivity contribution in [3.8, 4) is 5.75 Å². The van der Waals surface area contributed by atoms with Gasteiger partial charge < -0.3 is 10.4 Å². The van der Waals surface area contributed by atoms with Gasteiger partial charge in [-0.25, -0.2) is 0 Å². The number of phenols is 1. The Morgan fingerprint density at radius 2 is 1.75 bits per heavy atom. The minimum Gasteiger partial charge on any atom is -0.508 e. The predicted octanol–water partition coefficient (Wildman–Crippen LogP) is 3.71. The van der Waals surface area contributed by atoms with Gasteiger partial charge in [-0.2, -0.15) is 0 Å². The Morgan fingerprint density at radius 1 is 1.05 bits per heavy atom. The quantitative estimate of drug-likeness (QED) is 0.762. The molecule has 0 aliphatic heterocycles. The lowest BCUT2D eigenvalue weighted by molar-refractivity contribution is 0.474. The molecule has 0 radical (unpaired) electrons. The summed E-state index contributed by atoms with van der Waals surface area (Å²) < 4.78 is 0. The van der Waals surface area contributed by atoms with Gasteiger partial charge in [0.05, 0.1) is 0 Å². The highest BCUT2D eigenvalue weighted by molar-refractivity contribution is 7.99. The zero-order chi connectivity index (χ0) is 14.2. The van der Waals surface area contributed by atoms with Crippen molar-refractivity contribution < 1.29 is 5.11 Å². The first-order chi connectivity index (χ1) is 9.78. The summed E-state index contributed by atoms with van der Waals surface area (Å²) in [6.07, 6.45) is 0.980. The van der Waals surface area contributed by atoms with Crippen LogP contribution in [0.2, 0.25) is 0 Å². The molecule has 2 rings (SSSR count). The van der Waals surface area contributed by atoms with Crippen LogP contribution in [-0.2, 0) is 6.42 Å². The number of nitrogens with one attached hydrogen (secondary N) is 1. The molecule has 1 unspecified atom stereocenters. The van der Waals surface area contributed by atoms with E-state index in [1.807, 2.05) is 30.0 Å². The SMILES string of the molecule is CCNC(CSc1ccccc1)Cc1ccc(O)cc1. The Labute approximate surface area is 125 Å². The van der Waals surface area contributed by atoms with Crippen molar-refractivity contribution in [2.45, 2.75) is 24.3 Å². The fourth-order valence-electron chi connectivity index (χ4n) is 2.11. The summed E-state index contributed by atoms with van der Waals surface area (Å²) in [4.78, 5) is 1.31. The molecule has 0 saturated carbocycles. The molecule has 0 spiro atoms. The summed E-state index contributed by atoms with van der Waals surface area (Å²) in [6, 6.07) is 18.4. The van der Waals surface area contributed by atoms with Crippen molar-refractivity contribution >= 4 is 11.8 Å². The van der Waals surface area contributed by atoms with Crippen molar-refractivity contribution in [1.82, 2.24) is 5.32 Å². The molecule has 0 aliphatic rings. The van der Waals surface area contributed by atoms with Gasteiger partial charge in [0, 0.05) is 16.7 Å². The second kappa shape index (κ2) is 7.98. The Hall–Kier alpha value is -1.45. The van der Waals surface area contributed by atoms with Gasteiger partial charge in [-0.1, -0.05) is 37.3 Å². The van der Waals surface area contributed by atoms with E-state index in [0.29, 0.717) is 11.8 Å². The predicted molar refractivity (Wildman–Crippen MR) is 86.4 cm³/mol. The van der Waals surface area contributed by atoms with Crippen molar-refractivity contribution in [2.24, 2.45) is 0 Å². The van der Waals surface area contributed by atoms with E-state index in [9.17, 15) is 5.11 Å². The van der Waals surface area contributed by atoms with Gasteiger partial charge in [-0.05, 0) is 42.8 Å². The number of rotatable bonds is 7. The fraction of sp³-hybridized carbons (Fsp3) is 0.294. The molecule has 106 valence electrons. The summed E-state index contributed by atoms with van der Waals surface area (Å²) in [7, 11) is 0. The Morgan fingerprint density at radius 3 is 2.40 bits per heavy atom. The molecular formula is C17H21NOS. The number of phenolic OH excluding ortho intramolecular Hbond substituents is 1. The highest BCUT2D eigenvalue weighted by Gasteiger charge is 2.09. The largest absolute Gasteiger partial charge is 0.508 e. The second-order valence-corrected chi connectivity index (χ2v) is 5.84. The highest BCUT2D eigenvalue weighted by Crippen LogP contribution is 2.20. The number of aromatic hydroxyl groups is 1. The third-order valence-electron chi connectivity index (χ3n) is 3.11. The van der Waals surface area contributed by atoms with Crippen LogP contribution in [0.25, 0.3) is 0 Å². The van der Waals surface area contributed by atoms with Crippen molar-refractivity contribution in [2.75, 3.05) is 12.3 Å². The van der Waals surface area contributed by atoms with Gasteiger partial charge in [0.2, 0.25) is 0 Å². The van der Waals surface area contributed by atoms with Crippen LogP contribution in [0.4, 0.5) is 0 Å². The third kappa shape index (κ3) is 4.91. The molecule has 0 saturated heterocycles. The van der Waals surface area contributed by atoms with E-state index < -0.39 is 0 Å². The minimum absolute atomic E-state index is 0.326. The van der Waals surface area contributed by atoms with Gasteiger partial charge in [-0.3, -0.25) is 0 Å². The van der Waals surface area contributed by atoms with E-state index in [2.05, 4.69) is 36.5 Å². The molecule has 2 N–H and O–H groups in total. The Bertz CT molecular complexity index is 498. The molecule has 1 atom stereocenters. The maximum Gasteiger partial charge on any atom is 0.115 e. The van der Waals surface area contributed by atoms with E-state index in [0.717, 1.165) is 18.7 Å². The van der Waals surface area contributed by atoms with Crippen LogP contribution in [0, 0.1) is 0 Å². The first-order valence-electron chi connectivity index (χ1n) is 6.97. The van der Waals surface area contributed by atoms with Gasteiger partial charge in [0.15, 0.2) is 0 Å². The molecule has 0 fully saturated rings. The first-order valence-corrected chi connectivity index (χ1v) is 7.95. The molecule has 2 nitrogen and oxygen atoms in total. The van der Waals surface area contributed by atoms with E-state index in [4.69, 9.17) is 0 Å². The van der Waals surface area contributed by atoms with Gasteiger partial charge >= 0.3 is 0 Å². The average Bonchev–Trinajstić information content (AvgIpc) is 2.48. The smallest absolute Gasteiger partial charge is 0.115 e. The third-order valence-corrected chi connectivity index (χ3v) is 4.28. The van der Waals surface area contributed by atoms with E-state index in [1.165, 1.54) is 10.5 Å². The zero-order valence-electron chi connectivity index (χ0n) is 11.8. The lowest BCUT2D eigenvalue weighted by Crippen LogP contribution is -2.33. The first kappa shape index (κ1) is 14.9. The van der Waals surface area contributed by atoms with Crippen LogP contribution >= 0.6 is 11.8 Å². The summed E-state index contributed by atoms with van der Waals surface area (Å²) in [6.45, 7) is 3.11. The summed E-state index contributed by atoms with van der Waals surface area (Å²) in [5, 5.41) is 12.9. The maximum atomic E-state index is 9.33. The van der Waals surface area contributed by atoms with Crippen molar-refractivity contribution in [3.63, 3.8) is 0 Å². The zero-order valence-corrected chi connectivity index (χ0v) is 12.6. The van der Waals surface area contributed by atoms with Gasteiger partial charge in [0.1, 0.15) is 5.75 Å². The summed E-state index contributed by atoms with van der Waals surface area (Å²) >= 11 is 1.88. The fourth-order valence-corrected chi connectivity index (χ4v) is 3.09. The molecule has 20 heavy (non-hydrogen) atoms. The number of likely N-dealkylation sites (N-methyl/N-ethyl adjacent to an activating group) is 1. The number of benzene rings is 2. The minimum atomic E-state index is 0.326. The lowest BCUT2D eigenvalue weighted by atomic mass is 10.1. The standard InChI is InChI=1S/C17H21NOS/c1-2-18-15(12-14-8-10-16(19)11-9-14)13-20-17-6-4-3-5-7-17/h3-11,15,18-19H,2,12-13H2,1H3. The van der Waals surface area contributed by atoms with Crippen LogP contribution in [-0.4, -0.2) is 23.4 Å². The Kier molecular flexibility index (Phi) is 5.96. The van der Waals surface area contributed by atoms with Gasteiger partial charge in [0.25, 0.3) is 0 Å². The summed E-state index contributed by atoms with van der Waals surface area (Å²) in [5.41, 5.74) is 1.25. The number of thioether (sulfide) groups is 1. The van der Waals surface area contributed by atoms with Crippen LogP contribution in [0.15, 0.2) is 59.5 Å². The molecule has 2 aromatic carbocycles. The van der Waals surface area contributed by atoms with Crippen LogP contribution < -0.4 is 5.32 Å². The van der Waals surface area contributed by atoms with E-state index >= 15 is 0 Å². The number of hydrogen-bond acceptors (Lipinski definition) is 3. The topological polar surface area (TPSA) is 32.3 Å². The van der Waals surface area contributed by atoms with Crippen molar-refractivity contribution in [3.05, 3.63) is 60.2 Å². The molecule has 0 bridgehead atoms. The molecule has 0 heterocycles. The highest BCUT2D eigenvalue weighted by atomic mass is 32.2. The van der Waals surface area contributed by atoms with Gasteiger partial charge in [-0.15, -0.1) is 11.8 Å². The molecule has 3 heteroatoms. The monoisotopic (exact) mass is 287 g/mol. The molecule has 0 aliphatic carbocycles. The van der Waals surface area contributed by atoms with Crippen LogP contribution in [0.5, 0.6) is 5.75 Å². The molecule has 0 aromatic heterocycles. The molecular weight excluding hydrogens is 266 g/mol. The molecule has 2 aromatic rings. The number of hydrogen-bond donors (Lipinski definition) is 2. The van der Waals surface area contributed by atoms with Crippen LogP contribution in [0.1, 0.15) is 12.5 Å². The maximum absolute atomic E-state index is 9.33. The van der Waals surface area contributed by atoms with E-state index in [1.54, 1.807) is 12.1 Å². The average molecular weight is 287 g/mol. The molecule has 0 amide bonds. The normalized spacial score (nSPS) is 12.2. The van der Waals surface area contributed by atoms with E-state index in [-0.39, 0.29) is 0 Å².